The van der Waals surface area contributed by atoms with Crippen molar-refractivity contribution in [1.29, 1.82) is 0 Å². The fourth-order valence-corrected chi connectivity index (χ4v) is 1.34. The fourth-order valence-electron chi connectivity index (χ4n) is 1.34. The normalized spacial score (nSPS) is 13.0. The van der Waals surface area contributed by atoms with Gasteiger partial charge in [0.15, 0.2) is 0 Å². The highest BCUT2D eigenvalue weighted by atomic mass is 16.3. The highest BCUT2D eigenvalue weighted by molar-refractivity contribution is 5.30. The molecule has 1 rings (SSSR count). The molecule has 0 amide bonds. The van der Waals surface area contributed by atoms with Crippen LogP contribution in [0.5, 0.6) is 0 Å². The first-order valence-corrected chi connectivity index (χ1v) is 4.34. The first-order valence-electron chi connectivity index (χ1n) is 4.34. The minimum Gasteiger partial charge on any atom is -0.393 e. The Morgan fingerprint density at radius 1 is 1.33 bits per heavy atom. The molecule has 0 aliphatic heterocycles. The quantitative estimate of drug-likeness (QED) is 0.710. The number of aliphatic hydroxyl groups is 1. The summed E-state index contributed by atoms with van der Waals surface area (Å²) in [5.74, 6) is 0. The molecule has 0 fully saturated rings. The number of hydrogen-bond donors (Lipinski definition) is 1. The summed E-state index contributed by atoms with van der Waals surface area (Å²) in [4.78, 5) is 0. The molecule has 12 heavy (non-hydrogen) atoms. The Labute approximate surface area is 74.1 Å². The van der Waals surface area contributed by atoms with E-state index in [-0.39, 0.29) is 6.10 Å². The van der Waals surface area contributed by atoms with Crippen molar-refractivity contribution in [3.8, 4) is 0 Å². The van der Waals surface area contributed by atoms with E-state index < -0.39 is 0 Å². The Bertz CT molecular complexity index is 264. The van der Waals surface area contributed by atoms with Crippen molar-refractivity contribution in [3.05, 3.63) is 34.9 Å². The second-order valence-corrected chi connectivity index (χ2v) is 3.48. The van der Waals surface area contributed by atoms with Crippen molar-refractivity contribution < 1.29 is 5.11 Å². The van der Waals surface area contributed by atoms with Crippen LogP contribution in [0.1, 0.15) is 23.6 Å². The van der Waals surface area contributed by atoms with Gasteiger partial charge in [0, 0.05) is 0 Å². The maximum atomic E-state index is 9.22. The van der Waals surface area contributed by atoms with Crippen LogP contribution in [0.15, 0.2) is 18.2 Å². The molecule has 1 unspecified atom stereocenters. The van der Waals surface area contributed by atoms with E-state index in [2.05, 4.69) is 32.0 Å². The van der Waals surface area contributed by atoms with Gasteiger partial charge in [-0.1, -0.05) is 23.8 Å². The largest absolute Gasteiger partial charge is 0.393 e. The van der Waals surface area contributed by atoms with Crippen molar-refractivity contribution in [2.45, 2.75) is 33.3 Å². The van der Waals surface area contributed by atoms with E-state index in [4.69, 9.17) is 0 Å². The molecular weight excluding hydrogens is 148 g/mol. The van der Waals surface area contributed by atoms with Gasteiger partial charge in [0.2, 0.25) is 0 Å². The van der Waals surface area contributed by atoms with Crippen LogP contribution in [0.4, 0.5) is 0 Å². The Morgan fingerprint density at radius 3 is 2.58 bits per heavy atom. The number of hydrogen-bond acceptors (Lipinski definition) is 1. The van der Waals surface area contributed by atoms with Crippen molar-refractivity contribution in [1.82, 2.24) is 0 Å². The minimum absolute atomic E-state index is 0.245. The van der Waals surface area contributed by atoms with E-state index in [1.54, 1.807) is 0 Å². The van der Waals surface area contributed by atoms with Crippen LogP contribution in [0, 0.1) is 13.8 Å². The van der Waals surface area contributed by atoms with Crippen molar-refractivity contribution in [2.24, 2.45) is 0 Å². The predicted molar refractivity (Wildman–Crippen MR) is 51.3 cm³/mol. The van der Waals surface area contributed by atoms with Gasteiger partial charge in [-0.2, -0.15) is 0 Å². The molecule has 0 aliphatic carbocycles. The second kappa shape index (κ2) is 3.72. The van der Waals surface area contributed by atoms with Crippen molar-refractivity contribution >= 4 is 0 Å². The van der Waals surface area contributed by atoms with Gasteiger partial charge in [0.05, 0.1) is 6.10 Å². The fraction of sp³-hybridized carbons (Fsp3) is 0.455. The summed E-state index contributed by atoms with van der Waals surface area (Å²) in [6, 6.07) is 6.34. The number of rotatable bonds is 2. The monoisotopic (exact) mass is 164 g/mol. The van der Waals surface area contributed by atoms with Gasteiger partial charge < -0.3 is 5.11 Å². The molecule has 0 aromatic heterocycles. The molecule has 66 valence electrons. The summed E-state index contributed by atoms with van der Waals surface area (Å²) >= 11 is 0. The van der Waals surface area contributed by atoms with Crippen molar-refractivity contribution in [3.63, 3.8) is 0 Å². The molecule has 1 nitrogen and oxygen atoms in total. The molecule has 1 atom stereocenters. The third-order valence-electron chi connectivity index (χ3n) is 2.02. The average molecular weight is 164 g/mol. The average Bonchev–Trinajstić information content (AvgIpc) is 1.96. The van der Waals surface area contributed by atoms with Gasteiger partial charge in [-0.25, -0.2) is 0 Å². The zero-order valence-electron chi connectivity index (χ0n) is 7.96. The molecule has 0 heterocycles. The standard InChI is InChI=1S/C11H16O/c1-8-4-5-9(2)11(6-8)7-10(3)12/h4-6,10,12H,7H2,1-3H3. The van der Waals surface area contributed by atoms with Crippen LogP contribution in [-0.2, 0) is 6.42 Å². The maximum absolute atomic E-state index is 9.22. The molecule has 1 N–H and O–H groups in total. The van der Waals surface area contributed by atoms with Crippen LogP contribution < -0.4 is 0 Å². The summed E-state index contributed by atoms with van der Waals surface area (Å²) in [6.07, 6.45) is 0.513. The van der Waals surface area contributed by atoms with Crippen LogP contribution in [0.3, 0.4) is 0 Å². The first-order chi connectivity index (χ1) is 5.59. The molecule has 0 spiro atoms. The van der Waals surface area contributed by atoms with Crippen LogP contribution in [-0.4, -0.2) is 11.2 Å². The van der Waals surface area contributed by atoms with Crippen molar-refractivity contribution in [2.75, 3.05) is 0 Å². The SMILES string of the molecule is Cc1ccc(C)c(CC(C)O)c1. The summed E-state index contributed by atoms with van der Waals surface area (Å²) in [6.45, 7) is 5.98. The summed E-state index contributed by atoms with van der Waals surface area (Å²) in [7, 11) is 0. The Kier molecular flexibility index (Phi) is 2.88. The molecule has 0 saturated heterocycles. The minimum atomic E-state index is -0.245. The molecule has 1 aromatic carbocycles. The van der Waals surface area contributed by atoms with Gasteiger partial charge in [-0.3, -0.25) is 0 Å². The Morgan fingerprint density at radius 2 is 2.00 bits per heavy atom. The lowest BCUT2D eigenvalue weighted by molar-refractivity contribution is 0.195. The van der Waals surface area contributed by atoms with E-state index >= 15 is 0 Å². The van der Waals surface area contributed by atoms with Gasteiger partial charge in [0.1, 0.15) is 0 Å². The number of benzene rings is 1. The molecule has 0 saturated carbocycles. The summed E-state index contributed by atoms with van der Waals surface area (Å²) < 4.78 is 0. The predicted octanol–water partition coefficient (Wildman–Crippen LogP) is 2.23. The van der Waals surface area contributed by atoms with E-state index in [0.717, 1.165) is 6.42 Å². The number of aliphatic hydroxyl groups excluding tert-OH is 1. The number of aryl methyl sites for hydroxylation is 2. The van der Waals surface area contributed by atoms with Gasteiger partial charge in [-0.15, -0.1) is 0 Å². The Balaban J connectivity index is 2.90. The zero-order valence-corrected chi connectivity index (χ0v) is 7.96. The maximum Gasteiger partial charge on any atom is 0.0552 e. The van der Waals surface area contributed by atoms with Crippen LogP contribution in [0.25, 0.3) is 0 Å². The Hall–Kier alpha value is -0.820. The lowest BCUT2D eigenvalue weighted by Gasteiger charge is -2.08. The van der Waals surface area contributed by atoms with Gasteiger partial charge >= 0.3 is 0 Å². The van der Waals surface area contributed by atoms with E-state index in [9.17, 15) is 5.11 Å². The second-order valence-electron chi connectivity index (χ2n) is 3.48. The van der Waals surface area contributed by atoms with Gasteiger partial charge in [0.25, 0.3) is 0 Å². The molecule has 1 aromatic rings. The van der Waals surface area contributed by atoms with E-state index in [1.165, 1.54) is 16.7 Å². The smallest absolute Gasteiger partial charge is 0.0552 e. The topological polar surface area (TPSA) is 20.2 Å². The highest BCUT2D eigenvalue weighted by Crippen LogP contribution is 2.12. The third-order valence-corrected chi connectivity index (χ3v) is 2.02. The first kappa shape index (κ1) is 9.27. The molecule has 0 aliphatic rings. The summed E-state index contributed by atoms with van der Waals surface area (Å²) in [5, 5.41) is 9.22. The molecule has 0 radical (unpaired) electrons. The highest BCUT2D eigenvalue weighted by Gasteiger charge is 2.01. The molecule has 1 heteroatoms. The van der Waals surface area contributed by atoms with E-state index in [1.807, 2.05) is 6.92 Å². The summed E-state index contributed by atoms with van der Waals surface area (Å²) in [5.41, 5.74) is 3.78. The lowest BCUT2D eigenvalue weighted by Crippen LogP contribution is -2.05. The van der Waals surface area contributed by atoms with Crippen LogP contribution >= 0.6 is 0 Å². The zero-order chi connectivity index (χ0) is 9.14. The van der Waals surface area contributed by atoms with Crippen LogP contribution in [0.2, 0.25) is 0 Å². The molecule has 0 bridgehead atoms. The lowest BCUT2D eigenvalue weighted by atomic mass is 10.0. The molecular formula is C11H16O. The third kappa shape index (κ3) is 2.35. The van der Waals surface area contributed by atoms with Gasteiger partial charge in [-0.05, 0) is 38.3 Å². The van der Waals surface area contributed by atoms with E-state index in [0.29, 0.717) is 0 Å².